The van der Waals surface area contributed by atoms with Gasteiger partial charge < -0.3 is 5.11 Å². The minimum atomic E-state index is -0.734. The van der Waals surface area contributed by atoms with Crippen molar-refractivity contribution in [3.8, 4) is 0 Å². The van der Waals surface area contributed by atoms with Gasteiger partial charge in [-0.2, -0.15) is 0 Å². The summed E-state index contributed by atoms with van der Waals surface area (Å²) in [6, 6.07) is 23.9. The van der Waals surface area contributed by atoms with Gasteiger partial charge in [-0.05, 0) is 29.8 Å². The lowest BCUT2D eigenvalue weighted by Gasteiger charge is -2.25. The lowest BCUT2D eigenvalue weighted by molar-refractivity contribution is -0.132. The van der Waals surface area contributed by atoms with E-state index in [9.17, 15) is 14.7 Å². The number of benzene rings is 3. The van der Waals surface area contributed by atoms with Gasteiger partial charge in [-0.25, -0.2) is 0 Å². The summed E-state index contributed by atoms with van der Waals surface area (Å²) >= 11 is 5.98. The summed E-state index contributed by atoms with van der Waals surface area (Å²) in [5.74, 6) is -1.59. The van der Waals surface area contributed by atoms with E-state index in [1.807, 2.05) is 36.4 Å². The highest BCUT2D eigenvalue weighted by molar-refractivity contribution is 6.51. The molecule has 1 aliphatic rings. The molecular formula is C23H16ClNO3. The van der Waals surface area contributed by atoms with Crippen LogP contribution in [0.1, 0.15) is 17.2 Å². The maximum Gasteiger partial charge on any atom is 0.300 e. The minimum absolute atomic E-state index is 0.0670. The zero-order chi connectivity index (χ0) is 19.7. The highest BCUT2D eigenvalue weighted by Crippen LogP contribution is 2.42. The molecule has 0 spiro atoms. The highest BCUT2D eigenvalue weighted by Gasteiger charge is 2.46. The fourth-order valence-electron chi connectivity index (χ4n) is 3.40. The summed E-state index contributed by atoms with van der Waals surface area (Å²) in [7, 11) is 0. The number of ketones is 1. The maximum absolute atomic E-state index is 12.9. The summed E-state index contributed by atoms with van der Waals surface area (Å²) < 4.78 is 0. The number of Topliss-reactive ketones (excluding diaryl/α,β-unsaturated/α-hetero) is 1. The van der Waals surface area contributed by atoms with Gasteiger partial charge in [0.05, 0.1) is 11.6 Å². The van der Waals surface area contributed by atoms with Gasteiger partial charge in [0.2, 0.25) is 0 Å². The molecule has 0 radical (unpaired) electrons. The molecule has 0 unspecified atom stereocenters. The Morgan fingerprint density at radius 1 is 0.821 bits per heavy atom. The monoisotopic (exact) mass is 389 g/mol. The highest BCUT2D eigenvalue weighted by atomic mass is 35.5. The van der Waals surface area contributed by atoms with Gasteiger partial charge in [0, 0.05) is 16.3 Å². The average molecular weight is 390 g/mol. The third-order valence-corrected chi connectivity index (χ3v) is 4.96. The molecule has 0 aliphatic carbocycles. The van der Waals surface area contributed by atoms with Crippen molar-refractivity contribution in [2.45, 2.75) is 6.04 Å². The molecule has 138 valence electrons. The molecule has 1 atom stereocenters. The summed E-state index contributed by atoms with van der Waals surface area (Å²) in [5.41, 5.74) is 1.82. The van der Waals surface area contributed by atoms with Gasteiger partial charge in [-0.15, -0.1) is 0 Å². The number of nitrogens with zero attached hydrogens (tertiary/aromatic N) is 1. The molecule has 4 rings (SSSR count). The topological polar surface area (TPSA) is 57.6 Å². The molecule has 28 heavy (non-hydrogen) atoms. The number of amides is 1. The third-order valence-electron chi connectivity index (χ3n) is 4.71. The standard InChI is InChI=1S/C23H16ClNO3/c24-17-11-13-18(14-12-17)25-20(15-7-3-1-4-8-15)19(22(27)23(25)28)21(26)16-9-5-2-6-10-16/h1-14,20,26H/t20-/m1/s1. The Morgan fingerprint density at radius 2 is 1.39 bits per heavy atom. The molecule has 5 heteroatoms. The Bertz CT molecular complexity index is 1060. The van der Waals surface area contributed by atoms with Crippen molar-refractivity contribution in [3.63, 3.8) is 0 Å². The van der Waals surface area contributed by atoms with Crippen LogP contribution >= 0.6 is 11.6 Å². The van der Waals surface area contributed by atoms with E-state index in [0.29, 0.717) is 16.3 Å². The van der Waals surface area contributed by atoms with Crippen LogP contribution in [0.15, 0.2) is 90.5 Å². The lowest BCUT2D eigenvalue weighted by Crippen LogP contribution is -2.29. The van der Waals surface area contributed by atoms with Gasteiger partial charge in [0.1, 0.15) is 5.76 Å². The van der Waals surface area contributed by atoms with Crippen LogP contribution in [0.25, 0.3) is 5.76 Å². The third kappa shape index (κ3) is 3.08. The first-order valence-corrected chi connectivity index (χ1v) is 9.12. The van der Waals surface area contributed by atoms with Crippen molar-refractivity contribution in [3.05, 3.63) is 107 Å². The second kappa shape index (κ2) is 7.33. The van der Waals surface area contributed by atoms with Crippen molar-refractivity contribution in [2.75, 3.05) is 4.90 Å². The summed E-state index contributed by atoms with van der Waals surface area (Å²) in [4.78, 5) is 27.2. The molecule has 3 aromatic rings. The SMILES string of the molecule is O=C1C(=O)N(c2ccc(Cl)cc2)[C@H](c2ccccc2)C1=C(O)c1ccccc1. The zero-order valence-corrected chi connectivity index (χ0v) is 15.5. The van der Waals surface area contributed by atoms with Crippen LogP contribution in [0.2, 0.25) is 5.02 Å². The number of hydrogen-bond donors (Lipinski definition) is 1. The first kappa shape index (κ1) is 18.0. The molecule has 0 bridgehead atoms. The first-order chi connectivity index (χ1) is 13.6. The Labute approximate surface area is 167 Å². The molecule has 1 fully saturated rings. The second-order valence-electron chi connectivity index (χ2n) is 6.42. The van der Waals surface area contributed by atoms with Gasteiger partial charge >= 0.3 is 0 Å². The fraction of sp³-hybridized carbons (Fsp3) is 0.0435. The van der Waals surface area contributed by atoms with Crippen LogP contribution in [0.3, 0.4) is 0 Å². The quantitative estimate of drug-likeness (QED) is 0.391. The van der Waals surface area contributed by atoms with Crippen molar-refractivity contribution < 1.29 is 14.7 Å². The minimum Gasteiger partial charge on any atom is -0.507 e. The molecule has 0 aromatic heterocycles. The number of aliphatic hydroxyl groups excluding tert-OH is 1. The van der Waals surface area contributed by atoms with Crippen LogP contribution in [-0.2, 0) is 9.59 Å². The van der Waals surface area contributed by atoms with Gasteiger partial charge in [-0.3, -0.25) is 14.5 Å². The Kier molecular flexibility index (Phi) is 4.72. The van der Waals surface area contributed by atoms with E-state index >= 15 is 0 Å². The predicted molar refractivity (Wildman–Crippen MR) is 109 cm³/mol. The number of carbonyl (C=O) groups excluding carboxylic acids is 2. The molecule has 1 heterocycles. The van der Waals surface area contributed by atoms with Crippen LogP contribution in [0.5, 0.6) is 0 Å². The summed E-state index contributed by atoms with van der Waals surface area (Å²) in [6.07, 6.45) is 0. The van der Waals surface area contributed by atoms with Gasteiger partial charge in [0.15, 0.2) is 0 Å². The van der Waals surface area contributed by atoms with Crippen molar-refractivity contribution in [1.82, 2.24) is 0 Å². The second-order valence-corrected chi connectivity index (χ2v) is 6.86. The number of hydrogen-bond acceptors (Lipinski definition) is 3. The molecule has 0 saturated carbocycles. The molecule has 1 N–H and O–H groups in total. The van der Waals surface area contributed by atoms with E-state index in [2.05, 4.69) is 0 Å². The Hall–Kier alpha value is -3.37. The van der Waals surface area contributed by atoms with Crippen molar-refractivity contribution >= 4 is 34.7 Å². The zero-order valence-electron chi connectivity index (χ0n) is 14.7. The smallest absolute Gasteiger partial charge is 0.300 e. The number of aliphatic hydroxyl groups is 1. The molecule has 1 saturated heterocycles. The van der Waals surface area contributed by atoms with E-state index in [-0.39, 0.29) is 11.3 Å². The molecular weight excluding hydrogens is 374 g/mol. The number of carbonyl (C=O) groups is 2. The van der Waals surface area contributed by atoms with Crippen molar-refractivity contribution in [2.24, 2.45) is 0 Å². The first-order valence-electron chi connectivity index (χ1n) is 8.75. The number of halogens is 1. The maximum atomic E-state index is 12.9. The Morgan fingerprint density at radius 3 is 2.00 bits per heavy atom. The lowest BCUT2D eigenvalue weighted by atomic mass is 9.95. The van der Waals surface area contributed by atoms with Crippen LogP contribution in [-0.4, -0.2) is 16.8 Å². The van der Waals surface area contributed by atoms with E-state index in [0.717, 1.165) is 5.56 Å². The van der Waals surface area contributed by atoms with Crippen LogP contribution in [0.4, 0.5) is 5.69 Å². The Balaban J connectivity index is 1.94. The summed E-state index contributed by atoms with van der Waals surface area (Å²) in [6.45, 7) is 0. The van der Waals surface area contributed by atoms with Crippen LogP contribution in [0, 0.1) is 0 Å². The average Bonchev–Trinajstić information content (AvgIpc) is 3.00. The molecule has 3 aromatic carbocycles. The fourth-order valence-corrected chi connectivity index (χ4v) is 3.53. The van der Waals surface area contributed by atoms with Crippen LogP contribution < -0.4 is 4.90 Å². The summed E-state index contributed by atoms with van der Waals surface area (Å²) in [5, 5.41) is 11.4. The molecule has 1 amide bonds. The normalized spacial score (nSPS) is 18.5. The van der Waals surface area contributed by atoms with E-state index < -0.39 is 17.7 Å². The van der Waals surface area contributed by atoms with Crippen molar-refractivity contribution in [1.29, 1.82) is 0 Å². The van der Waals surface area contributed by atoms with Gasteiger partial charge in [-0.1, -0.05) is 72.3 Å². The molecule has 4 nitrogen and oxygen atoms in total. The predicted octanol–water partition coefficient (Wildman–Crippen LogP) is 4.97. The molecule has 1 aliphatic heterocycles. The van der Waals surface area contributed by atoms with E-state index in [1.165, 1.54) is 4.90 Å². The number of rotatable bonds is 3. The van der Waals surface area contributed by atoms with Gasteiger partial charge in [0.25, 0.3) is 11.7 Å². The number of anilines is 1. The van der Waals surface area contributed by atoms with E-state index in [1.54, 1.807) is 48.5 Å². The van der Waals surface area contributed by atoms with E-state index in [4.69, 9.17) is 11.6 Å². The largest absolute Gasteiger partial charge is 0.507 e.